The third-order valence-corrected chi connectivity index (χ3v) is 12.7. The van der Waals surface area contributed by atoms with Gasteiger partial charge in [-0.1, -0.05) is 127 Å². The first-order chi connectivity index (χ1) is 28.8. The molecular formula is C54H34N2OS. The van der Waals surface area contributed by atoms with E-state index < -0.39 is 0 Å². The summed E-state index contributed by atoms with van der Waals surface area (Å²) in [4.78, 5) is 2.50. The molecule has 3 nitrogen and oxygen atoms in total. The Balaban J connectivity index is 1.16. The molecule has 272 valence electrons. The topological polar surface area (TPSA) is 21.3 Å². The van der Waals surface area contributed by atoms with Gasteiger partial charge in [-0.15, -0.1) is 11.3 Å². The molecule has 4 heteroatoms. The minimum absolute atomic E-state index is 0.888. The van der Waals surface area contributed by atoms with Gasteiger partial charge in [0.05, 0.1) is 28.1 Å². The molecule has 0 saturated heterocycles. The Morgan fingerprint density at radius 1 is 0.379 bits per heavy atom. The van der Waals surface area contributed by atoms with Crippen molar-refractivity contribution in [2.24, 2.45) is 0 Å². The first-order valence-electron chi connectivity index (χ1n) is 19.7. The average molecular weight is 759 g/mol. The van der Waals surface area contributed by atoms with Crippen LogP contribution in [0.3, 0.4) is 0 Å². The van der Waals surface area contributed by atoms with Gasteiger partial charge in [0.2, 0.25) is 0 Å². The molecule has 12 rings (SSSR count). The van der Waals surface area contributed by atoms with Crippen LogP contribution in [0.5, 0.6) is 0 Å². The summed E-state index contributed by atoms with van der Waals surface area (Å²) in [6, 6.07) is 74.6. The van der Waals surface area contributed by atoms with Crippen LogP contribution in [0.25, 0.3) is 91.9 Å². The average Bonchev–Trinajstić information content (AvgIpc) is 3.96. The molecule has 9 aromatic carbocycles. The quantitative estimate of drug-likeness (QED) is 0.168. The monoisotopic (exact) mass is 758 g/mol. The molecule has 3 aromatic heterocycles. The standard InChI is InChI=1S/C54H34N2OS/c1-2-15-37(16-3-1)55-47-24-11-6-21-42(47)54-48(55)25-14-26-49(54)56(45-22-9-4-17-38(45)35-29-31-51-43(33-35)40-19-7-12-27-50(40)57-51)46-23-10-5-18-39(46)36-30-32-53-44(34-36)41-20-8-13-28-52(41)58-53/h1-34H. The Morgan fingerprint density at radius 3 is 1.76 bits per heavy atom. The lowest BCUT2D eigenvalue weighted by Crippen LogP contribution is -2.13. The molecule has 0 aliphatic heterocycles. The molecule has 0 amide bonds. The predicted octanol–water partition coefficient (Wildman–Crippen LogP) is 15.9. The maximum absolute atomic E-state index is 6.29. The van der Waals surface area contributed by atoms with Crippen molar-refractivity contribution in [2.45, 2.75) is 0 Å². The van der Waals surface area contributed by atoms with Crippen LogP contribution in [0.2, 0.25) is 0 Å². The van der Waals surface area contributed by atoms with E-state index in [2.05, 4.69) is 204 Å². The fourth-order valence-electron chi connectivity index (χ4n) is 9.04. The highest BCUT2D eigenvalue weighted by Crippen LogP contribution is 2.50. The molecule has 0 spiro atoms. The highest BCUT2D eigenvalue weighted by Gasteiger charge is 2.25. The molecule has 3 heterocycles. The maximum Gasteiger partial charge on any atom is 0.135 e. The number of para-hydroxylation sites is 5. The van der Waals surface area contributed by atoms with Crippen molar-refractivity contribution < 1.29 is 4.42 Å². The van der Waals surface area contributed by atoms with Crippen LogP contribution in [-0.2, 0) is 0 Å². The Morgan fingerprint density at radius 2 is 0.948 bits per heavy atom. The van der Waals surface area contributed by atoms with E-state index in [1.165, 1.54) is 42.0 Å². The molecule has 0 aliphatic carbocycles. The van der Waals surface area contributed by atoms with Crippen LogP contribution >= 0.6 is 11.3 Å². The van der Waals surface area contributed by atoms with Crippen molar-refractivity contribution in [3.05, 3.63) is 206 Å². The number of furan rings is 1. The summed E-state index contributed by atoms with van der Waals surface area (Å²) in [5.74, 6) is 0. The summed E-state index contributed by atoms with van der Waals surface area (Å²) < 4.78 is 11.3. The van der Waals surface area contributed by atoms with Crippen molar-refractivity contribution in [1.29, 1.82) is 0 Å². The number of rotatable bonds is 6. The molecule has 0 atom stereocenters. The number of aromatic nitrogens is 1. The van der Waals surface area contributed by atoms with Gasteiger partial charge in [-0.3, -0.25) is 0 Å². The Bertz CT molecular complexity index is 3380. The van der Waals surface area contributed by atoms with E-state index >= 15 is 0 Å². The van der Waals surface area contributed by atoms with Crippen LogP contribution in [0.1, 0.15) is 0 Å². The number of fused-ring (bicyclic) bond motifs is 9. The largest absolute Gasteiger partial charge is 0.456 e. The lowest BCUT2D eigenvalue weighted by Gasteiger charge is -2.30. The third kappa shape index (κ3) is 5.05. The van der Waals surface area contributed by atoms with E-state index in [1.807, 2.05) is 23.5 Å². The van der Waals surface area contributed by atoms with Gasteiger partial charge in [-0.05, 0) is 90.0 Å². The van der Waals surface area contributed by atoms with E-state index in [9.17, 15) is 0 Å². The second-order valence-electron chi connectivity index (χ2n) is 14.8. The van der Waals surface area contributed by atoms with Crippen molar-refractivity contribution in [1.82, 2.24) is 4.57 Å². The number of anilines is 3. The van der Waals surface area contributed by atoms with Gasteiger partial charge in [0.25, 0.3) is 0 Å². The smallest absolute Gasteiger partial charge is 0.135 e. The summed E-state index contributed by atoms with van der Waals surface area (Å²) >= 11 is 1.85. The number of hydrogen-bond acceptors (Lipinski definition) is 3. The van der Waals surface area contributed by atoms with Gasteiger partial charge in [0.1, 0.15) is 11.2 Å². The van der Waals surface area contributed by atoms with Crippen LogP contribution in [0.4, 0.5) is 17.1 Å². The van der Waals surface area contributed by atoms with Crippen molar-refractivity contribution in [3.8, 4) is 27.9 Å². The van der Waals surface area contributed by atoms with Crippen LogP contribution in [0.15, 0.2) is 211 Å². The van der Waals surface area contributed by atoms with Crippen molar-refractivity contribution in [3.63, 3.8) is 0 Å². The number of thiophene rings is 1. The molecule has 0 radical (unpaired) electrons. The van der Waals surface area contributed by atoms with E-state index in [-0.39, 0.29) is 0 Å². The number of hydrogen-bond donors (Lipinski definition) is 0. The zero-order valence-corrected chi connectivity index (χ0v) is 32.2. The lowest BCUT2D eigenvalue weighted by molar-refractivity contribution is 0.669. The molecule has 12 aromatic rings. The van der Waals surface area contributed by atoms with Crippen LogP contribution < -0.4 is 4.90 Å². The van der Waals surface area contributed by atoms with Gasteiger partial charge in [-0.2, -0.15) is 0 Å². The fourth-order valence-corrected chi connectivity index (χ4v) is 10.1. The van der Waals surface area contributed by atoms with Gasteiger partial charge in [0, 0.05) is 58.5 Å². The van der Waals surface area contributed by atoms with Crippen molar-refractivity contribution in [2.75, 3.05) is 4.90 Å². The predicted molar refractivity (Wildman–Crippen MR) is 247 cm³/mol. The second kappa shape index (κ2) is 13.1. The van der Waals surface area contributed by atoms with E-state index in [0.29, 0.717) is 0 Å². The molecular weight excluding hydrogens is 725 g/mol. The first-order valence-corrected chi connectivity index (χ1v) is 20.5. The minimum Gasteiger partial charge on any atom is -0.456 e. The summed E-state index contributed by atoms with van der Waals surface area (Å²) in [7, 11) is 0. The van der Waals surface area contributed by atoms with Gasteiger partial charge in [0.15, 0.2) is 0 Å². The summed E-state index contributed by atoms with van der Waals surface area (Å²) in [5.41, 5.74) is 13.2. The Kier molecular flexibility index (Phi) is 7.40. The third-order valence-electron chi connectivity index (χ3n) is 11.6. The fraction of sp³-hybridized carbons (Fsp3) is 0. The second-order valence-corrected chi connectivity index (χ2v) is 15.9. The molecule has 0 aliphatic rings. The van der Waals surface area contributed by atoms with Crippen molar-refractivity contribution >= 4 is 92.3 Å². The van der Waals surface area contributed by atoms with Gasteiger partial charge >= 0.3 is 0 Å². The molecule has 0 fully saturated rings. The Hall–Kier alpha value is -7.40. The maximum atomic E-state index is 6.29. The molecule has 0 N–H and O–H groups in total. The van der Waals surface area contributed by atoms with Crippen LogP contribution in [0, 0.1) is 0 Å². The normalized spacial score (nSPS) is 11.8. The summed E-state index contributed by atoms with van der Waals surface area (Å²) in [5, 5.41) is 7.21. The molecule has 0 bridgehead atoms. The zero-order valence-electron chi connectivity index (χ0n) is 31.3. The SMILES string of the molecule is c1ccc(-n2c3ccccc3c3c(N(c4ccccc4-c4ccc5oc6ccccc6c5c4)c4ccccc4-c4ccc5sc6ccccc6c5c4)cccc32)cc1. The summed E-state index contributed by atoms with van der Waals surface area (Å²) in [6.45, 7) is 0. The Labute approximate surface area is 338 Å². The van der Waals surface area contributed by atoms with E-state index in [0.717, 1.165) is 66.9 Å². The highest BCUT2D eigenvalue weighted by molar-refractivity contribution is 7.25. The zero-order chi connectivity index (χ0) is 38.2. The van der Waals surface area contributed by atoms with E-state index in [4.69, 9.17) is 4.42 Å². The lowest BCUT2D eigenvalue weighted by atomic mass is 9.96. The van der Waals surface area contributed by atoms with Gasteiger partial charge < -0.3 is 13.9 Å². The number of benzene rings is 9. The van der Waals surface area contributed by atoms with E-state index in [1.54, 1.807) is 0 Å². The highest BCUT2D eigenvalue weighted by atomic mass is 32.1. The van der Waals surface area contributed by atoms with Crippen LogP contribution in [-0.4, -0.2) is 4.57 Å². The molecule has 58 heavy (non-hydrogen) atoms. The minimum atomic E-state index is 0.888. The summed E-state index contributed by atoms with van der Waals surface area (Å²) in [6.07, 6.45) is 0. The van der Waals surface area contributed by atoms with Gasteiger partial charge in [-0.25, -0.2) is 0 Å². The first kappa shape index (κ1) is 32.8. The molecule has 0 unspecified atom stereocenters. The number of nitrogens with zero attached hydrogens (tertiary/aromatic N) is 2. The molecule has 0 saturated carbocycles.